The highest BCUT2D eigenvalue weighted by atomic mass is 16.2. The average Bonchev–Trinajstić information content (AvgIpc) is 3.02. The molecule has 0 aliphatic carbocycles. The highest BCUT2D eigenvalue weighted by Crippen LogP contribution is 2.18. The van der Waals surface area contributed by atoms with Crippen molar-refractivity contribution in [3.8, 4) is 0 Å². The lowest BCUT2D eigenvalue weighted by molar-refractivity contribution is -0.113. The molecule has 1 aromatic carbocycles. The zero-order chi connectivity index (χ0) is 12.4. The van der Waals surface area contributed by atoms with Crippen LogP contribution in [0.15, 0.2) is 42.7 Å². The summed E-state index contributed by atoms with van der Waals surface area (Å²) in [5.41, 5.74) is 1.97. The molecule has 3 rings (SSSR count). The Morgan fingerprint density at radius 2 is 2.06 bits per heavy atom. The van der Waals surface area contributed by atoms with E-state index in [0.717, 1.165) is 11.3 Å². The molecular formula is C12H11N5O. The van der Waals surface area contributed by atoms with Crippen LogP contribution in [-0.4, -0.2) is 32.7 Å². The van der Waals surface area contributed by atoms with E-state index in [1.807, 2.05) is 30.3 Å². The van der Waals surface area contributed by atoms with Crippen LogP contribution in [0, 0.1) is 0 Å². The van der Waals surface area contributed by atoms with Crippen LogP contribution in [0.3, 0.4) is 0 Å². The predicted octanol–water partition coefficient (Wildman–Crippen LogP) is 0.624. The number of aromatic nitrogens is 4. The molecule has 1 aromatic heterocycles. The summed E-state index contributed by atoms with van der Waals surface area (Å²) >= 11 is 0. The van der Waals surface area contributed by atoms with Crippen molar-refractivity contribution >= 4 is 11.6 Å². The van der Waals surface area contributed by atoms with Gasteiger partial charge in [-0.3, -0.25) is 4.79 Å². The number of carbonyl (C=O) groups is 1. The fraction of sp³-hybridized carbons (Fsp3) is 0.167. The molecule has 18 heavy (non-hydrogen) atoms. The molecule has 0 fully saturated rings. The standard InChI is InChI=1S/C12H11N5O/c18-12-2-1-7-16(12)11-5-3-10(4-6-11)8-17-14-9-13-15-17/h1-6,9H,7-8H2. The first-order valence-electron chi connectivity index (χ1n) is 5.61. The second-order valence-corrected chi connectivity index (χ2v) is 3.98. The van der Waals surface area contributed by atoms with Gasteiger partial charge < -0.3 is 4.90 Å². The maximum absolute atomic E-state index is 11.5. The van der Waals surface area contributed by atoms with Gasteiger partial charge in [-0.1, -0.05) is 18.2 Å². The van der Waals surface area contributed by atoms with E-state index in [9.17, 15) is 4.79 Å². The number of anilines is 1. The molecule has 2 heterocycles. The molecule has 0 saturated heterocycles. The molecule has 2 aromatic rings. The third kappa shape index (κ3) is 2.00. The van der Waals surface area contributed by atoms with Gasteiger partial charge in [-0.2, -0.15) is 4.80 Å². The van der Waals surface area contributed by atoms with Gasteiger partial charge in [0.15, 0.2) is 6.33 Å². The summed E-state index contributed by atoms with van der Waals surface area (Å²) in [4.78, 5) is 14.8. The van der Waals surface area contributed by atoms with Crippen LogP contribution in [0.1, 0.15) is 5.56 Å². The third-order valence-electron chi connectivity index (χ3n) is 2.78. The summed E-state index contributed by atoms with van der Waals surface area (Å²) in [5.74, 6) is 0.0284. The van der Waals surface area contributed by atoms with Crippen LogP contribution in [0.5, 0.6) is 0 Å². The minimum absolute atomic E-state index is 0.0284. The maximum Gasteiger partial charge on any atom is 0.251 e. The molecule has 0 N–H and O–H groups in total. The number of amides is 1. The number of nitrogens with zero attached hydrogens (tertiary/aromatic N) is 5. The summed E-state index contributed by atoms with van der Waals surface area (Å²) in [6, 6.07) is 7.78. The summed E-state index contributed by atoms with van der Waals surface area (Å²) in [6.45, 7) is 1.22. The highest BCUT2D eigenvalue weighted by Gasteiger charge is 2.16. The van der Waals surface area contributed by atoms with Gasteiger partial charge in [-0.25, -0.2) is 0 Å². The van der Waals surface area contributed by atoms with Crippen LogP contribution in [0.25, 0.3) is 0 Å². The monoisotopic (exact) mass is 241 g/mol. The van der Waals surface area contributed by atoms with Crippen LogP contribution in [0.4, 0.5) is 5.69 Å². The Balaban J connectivity index is 1.75. The quantitative estimate of drug-likeness (QED) is 0.790. The lowest BCUT2D eigenvalue weighted by Gasteiger charge is -2.15. The molecule has 0 radical (unpaired) electrons. The molecule has 6 nitrogen and oxygen atoms in total. The molecule has 1 amide bonds. The van der Waals surface area contributed by atoms with Crippen LogP contribution >= 0.6 is 0 Å². The predicted molar refractivity (Wildman–Crippen MR) is 64.9 cm³/mol. The molecule has 0 saturated carbocycles. The molecule has 0 unspecified atom stereocenters. The van der Waals surface area contributed by atoms with E-state index in [4.69, 9.17) is 0 Å². The fourth-order valence-electron chi connectivity index (χ4n) is 1.88. The molecule has 0 spiro atoms. The Hall–Kier alpha value is -2.50. The molecule has 6 heteroatoms. The van der Waals surface area contributed by atoms with Crippen molar-refractivity contribution in [2.24, 2.45) is 0 Å². The largest absolute Gasteiger partial charge is 0.305 e. The van der Waals surface area contributed by atoms with Gasteiger partial charge in [0.2, 0.25) is 0 Å². The van der Waals surface area contributed by atoms with Crippen molar-refractivity contribution in [3.05, 3.63) is 48.3 Å². The van der Waals surface area contributed by atoms with E-state index in [1.165, 1.54) is 11.1 Å². The van der Waals surface area contributed by atoms with Gasteiger partial charge >= 0.3 is 0 Å². The van der Waals surface area contributed by atoms with Gasteiger partial charge in [-0.05, 0) is 22.9 Å². The summed E-state index contributed by atoms with van der Waals surface area (Å²) in [5, 5.41) is 11.4. The van der Waals surface area contributed by atoms with Crippen LogP contribution in [0.2, 0.25) is 0 Å². The third-order valence-corrected chi connectivity index (χ3v) is 2.78. The first-order chi connectivity index (χ1) is 8.83. The molecule has 1 aliphatic rings. The number of benzene rings is 1. The minimum Gasteiger partial charge on any atom is -0.305 e. The minimum atomic E-state index is 0.0284. The van der Waals surface area contributed by atoms with Crippen molar-refractivity contribution in [1.82, 2.24) is 20.2 Å². The topological polar surface area (TPSA) is 63.9 Å². The van der Waals surface area contributed by atoms with E-state index in [1.54, 1.807) is 11.0 Å². The van der Waals surface area contributed by atoms with Crippen molar-refractivity contribution in [1.29, 1.82) is 0 Å². The maximum atomic E-state index is 11.5. The number of carbonyl (C=O) groups excluding carboxylic acids is 1. The number of tetrazole rings is 1. The van der Waals surface area contributed by atoms with E-state index in [2.05, 4.69) is 15.4 Å². The van der Waals surface area contributed by atoms with Gasteiger partial charge in [0.05, 0.1) is 6.54 Å². The highest BCUT2D eigenvalue weighted by molar-refractivity contribution is 6.04. The smallest absolute Gasteiger partial charge is 0.251 e. The molecule has 90 valence electrons. The van der Waals surface area contributed by atoms with E-state index < -0.39 is 0 Å². The first kappa shape index (κ1) is 10.6. The van der Waals surface area contributed by atoms with Crippen molar-refractivity contribution < 1.29 is 4.79 Å². The molecule has 1 aliphatic heterocycles. The summed E-state index contributed by atoms with van der Waals surface area (Å²) in [7, 11) is 0. The Kier molecular flexibility index (Phi) is 2.60. The zero-order valence-corrected chi connectivity index (χ0v) is 9.60. The van der Waals surface area contributed by atoms with Gasteiger partial charge in [0, 0.05) is 18.3 Å². The second kappa shape index (κ2) is 4.40. The second-order valence-electron chi connectivity index (χ2n) is 3.98. The van der Waals surface area contributed by atoms with Crippen LogP contribution in [-0.2, 0) is 11.3 Å². The molecule has 0 atom stereocenters. The van der Waals surface area contributed by atoms with E-state index in [0.29, 0.717) is 13.1 Å². The van der Waals surface area contributed by atoms with Crippen LogP contribution < -0.4 is 4.90 Å². The first-order valence-corrected chi connectivity index (χ1v) is 5.61. The normalized spacial score (nSPS) is 14.4. The van der Waals surface area contributed by atoms with Crippen molar-refractivity contribution in [2.75, 3.05) is 11.4 Å². The Morgan fingerprint density at radius 1 is 1.22 bits per heavy atom. The Morgan fingerprint density at radius 3 is 2.67 bits per heavy atom. The fourth-order valence-corrected chi connectivity index (χ4v) is 1.88. The van der Waals surface area contributed by atoms with E-state index >= 15 is 0 Å². The molecule has 0 bridgehead atoms. The van der Waals surface area contributed by atoms with E-state index in [-0.39, 0.29) is 5.91 Å². The number of rotatable bonds is 3. The van der Waals surface area contributed by atoms with Gasteiger partial charge in [-0.15, -0.1) is 10.2 Å². The number of hydrogen-bond acceptors (Lipinski definition) is 4. The van der Waals surface area contributed by atoms with Gasteiger partial charge in [0.25, 0.3) is 5.91 Å². The molecular weight excluding hydrogens is 230 g/mol. The SMILES string of the molecule is O=C1C=CCN1c1ccc(Cn2ncnn2)cc1. The van der Waals surface area contributed by atoms with Crippen molar-refractivity contribution in [2.45, 2.75) is 6.54 Å². The lowest BCUT2D eigenvalue weighted by Crippen LogP contribution is -2.24. The van der Waals surface area contributed by atoms with Gasteiger partial charge in [0.1, 0.15) is 0 Å². The number of hydrogen-bond donors (Lipinski definition) is 0. The Labute approximate surface area is 104 Å². The summed E-state index contributed by atoms with van der Waals surface area (Å²) < 4.78 is 0. The summed E-state index contributed by atoms with van der Waals surface area (Å²) in [6.07, 6.45) is 4.85. The lowest BCUT2D eigenvalue weighted by atomic mass is 10.2. The van der Waals surface area contributed by atoms with Crippen molar-refractivity contribution in [3.63, 3.8) is 0 Å². The average molecular weight is 241 g/mol. The zero-order valence-electron chi connectivity index (χ0n) is 9.60. The Bertz CT molecular complexity index is 573.